The zero-order chi connectivity index (χ0) is 21.9. The van der Waals surface area contributed by atoms with Gasteiger partial charge in [0.2, 0.25) is 0 Å². The zero-order valence-electron chi connectivity index (χ0n) is 18.6. The van der Waals surface area contributed by atoms with E-state index in [4.69, 9.17) is 4.74 Å². The van der Waals surface area contributed by atoms with Crippen molar-refractivity contribution in [2.45, 2.75) is 83.0 Å². The molecule has 4 aliphatic carbocycles. The minimum atomic E-state index is -0.840. The Balaban J connectivity index is 1.64. The smallest absolute Gasteiger partial charge is 0.330 e. The van der Waals surface area contributed by atoms with E-state index in [1.54, 1.807) is 6.08 Å². The molecule has 0 saturated heterocycles. The summed E-state index contributed by atoms with van der Waals surface area (Å²) >= 11 is 0. The third-order valence-corrected chi connectivity index (χ3v) is 9.84. The molecular formula is C25H38O5. The van der Waals surface area contributed by atoms with Crippen LogP contribution in [0.3, 0.4) is 0 Å². The van der Waals surface area contributed by atoms with Crippen LogP contribution in [-0.4, -0.2) is 46.2 Å². The van der Waals surface area contributed by atoms with Gasteiger partial charge < -0.3 is 20.1 Å². The van der Waals surface area contributed by atoms with Crippen LogP contribution in [0.5, 0.6) is 0 Å². The zero-order valence-corrected chi connectivity index (χ0v) is 18.6. The van der Waals surface area contributed by atoms with Crippen LogP contribution in [0.15, 0.2) is 24.3 Å². The van der Waals surface area contributed by atoms with Crippen molar-refractivity contribution in [2.75, 3.05) is 7.11 Å². The lowest BCUT2D eigenvalue weighted by atomic mass is 9.42. The molecule has 5 nitrogen and oxygen atoms in total. The van der Waals surface area contributed by atoms with Crippen LogP contribution in [0.1, 0.15) is 65.2 Å². The number of hydrogen-bond donors (Lipinski definition) is 3. The van der Waals surface area contributed by atoms with Crippen LogP contribution in [0, 0.1) is 34.5 Å². The van der Waals surface area contributed by atoms with E-state index in [1.807, 2.05) is 0 Å². The Morgan fingerprint density at radius 3 is 2.53 bits per heavy atom. The van der Waals surface area contributed by atoms with Crippen molar-refractivity contribution in [1.82, 2.24) is 0 Å². The first-order chi connectivity index (χ1) is 14.1. The molecule has 4 fully saturated rings. The van der Waals surface area contributed by atoms with Gasteiger partial charge in [-0.2, -0.15) is 0 Å². The number of carbonyl (C=O) groups is 1. The molecule has 0 aromatic carbocycles. The van der Waals surface area contributed by atoms with Gasteiger partial charge in [-0.15, -0.1) is 0 Å². The Kier molecular flexibility index (Phi) is 5.48. The van der Waals surface area contributed by atoms with Crippen LogP contribution in [0.25, 0.3) is 0 Å². The van der Waals surface area contributed by atoms with Crippen molar-refractivity contribution >= 4 is 5.97 Å². The van der Waals surface area contributed by atoms with Gasteiger partial charge in [-0.25, -0.2) is 4.79 Å². The predicted octanol–water partition coefficient (Wildman–Crippen LogP) is 3.38. The lowest BCUT2D eigenvalue weighted by Gasteiger charge is -2.65. The van der Waals surface area contributed by atoms with E-state index in [-0.39, 0.29) is 29.3 Å². The number of methoxy groups -OCH3 is 1. The highest BCUT2D eigenvalue weighted by Crippen LogP contribution is 2.69. The summed E-state index contributed by atoms with van der Waals surface area (Å²) in [5, 5.41) is 33.8. The molecule has 0 radical (unpaired) electrons. The fraction of sp³-hybridized carbons (Fsp3) is 0.800. The summed E-state index contributed by atoms with van der Waals surface area (Å²) in [7, 11) is 1.35. The Bertz CT molecular complexity index is 746. The summed E-state index contributed by atoms with van der Waals surface area (Å²) in [5.41, 5.74) is -0.514. The van der Waals surface area contributed by atoms with E-state index in [2.05, 4.69) is 20.4 Å². The molecule has 9 atom stereocenters. The molecule has 0 amide bonds. The monoisotopic (exact) mass is 418 g/mol. The Morgan fingerprint density at radius 1 is 1.10 bits per heavy atom. The summed E-state index contributed by atoms with van der Waals surface area (Å²) < 4.78 is 4.70. The normalized spacial score (nSPS) is 50.5. The van der Waals surface area contributed by atoms with Gasteiger partial charge in [-0.1, -0.05) is 32.1 Å². The fourth-order valence-electron chi connectivity index (χ4n) is 8.26. The van der Waals surface area contributed by atoms with Crippen LogP contribution in [-0.2, 0) is 9.53 Å². The Morgan fingerprint density at radius 2 is 1.83 bits per heavy atom. The predicted molar refractivity (Wildman–Crippen MR) is 114 cm³/mol. The van der Waals surface area contributed by atoms with E-state index in [9.17, 15) is 20.1 Å². The van der Waals surface area contributed by atoms with E-state index in [0.717, 1.165) is 44.1 Å². The summed E-state index contributed by atoms with van der Waals surface area (Å²) in [6.45, 7) is 8.61. The summed E-state index contributed by atoms with van der Waals surface area (Å²) in [4.78, 5) is 11.5. The van der Waals surface area contributed by atoms with Crippen molar-refractivity contribution < 1.29 is 24.9 Å². The van der Waals surface area contributed by atoms with E-state index in [0.29, 0.717) is 18.8 Å². The average molecular weight is 419 g/mol. The first kappa shape index (κ1) is 22.0. The molecule has 0 spiro atoms. The number of esters is 1. The Labute approximate surface area is 180 Å². The quantitative estimate of drug-likeness (QED) is 0.372. The Hall–Kier alpha value is -1.17. The number of hydrogen-bond acceptors (Lipinski definition) is 5. The van der Waals surface area contributed by atoms with Gasteiger partial charge in [0.05, 0.1) is 24.9 Å². The molecule has 30 heavy (non-hydrogen) atoms. The molecule has 168 valence electrons. The van der Waals surface area contributed by atoms with Gasteiger partial charge in [0.1, 0.15) is 0 Å². The molecular weight excluding hydrogens is 380 g/mol. The van der Waals surface area contributed by atoms with Gasteiger partial charge in [0.25, 0.3) is 0 Å². The molecule has 0 aromatic rings. The third kappa shape index (κ3) is 3.03. The van der Waals surface area contributed by atoms with E-state index >= 15 is 0 Å². The first-order valence-electron chi connectivity index (χ1n) is 11.6. The van der Waals surface area contributed by atoms with Crippen LogP contribution in [0.4, 0.5) is 0 Å². The third-order valence-electron chi connectivity index (χ3n) is 9.84. The second-order valence-corrected chi connectivity index (χ2v) is 11.0. The molecule has 2 unspecified atom stereocenters. The van der Waals surface area contributed by atoms with Crippen LogP contribution in [0.2, 0.25) is 0 Å². The SMILES string of the molecule is C=C(/C=C\C(=O)OC)[C@H]1CC[C@]2(O)C3CC[C@@H]4C[C@@H](O)CC[C@]4(C)C3[C@H](O)C[C@]12C. The highest BCUT2D eigenvalue weighted by Gasteiger charge is 2.69. The highest BCUT2D eigenvalue weighted by atomic mass is 16.5. The molecule has 4 aliphatic rings. The van der Waals surface area contributed by atoms with E-state index < -0.39 is 23.1 Å². The van der Waals surface area contributed by atoms with Crippen molar-refractivity contribution in [3.63, 3.8) is 0 Å². The summed E-state index contributed by atoms with van der Waals surface area (Å²) in [5.74, 6) is 0.159. The molecule has 4 rings (SSSR count). The second-order valence-electron chi connectivity index (χ2n) is 11.0. The average Bonchev–Trinajstić information content (AvgIpc) is 2.97. The number of carbonyl (C=O) groups excluding carboxylic acids is 1. The number of aliphatic hydroxyl groups is 3. The second kappa shape index (κ2) is 7.46. The summed E-state index contributed by atoms with van der Waals surface area (Å²) in [6, 6.07) is 0. The first-order valence-corrected chi connectivity index (χ1v) is 11.6. The topological polar surface area (TPSA) is 87.0 Å². The molecule has 0 aliphatic heterocycles. The standard InChI is InChI=1S/C25H38O5/c1-15(5-8-21(28)30-4)18-10-12-25(29)19-7-6-16-13-17(26)9-11-23(16,2)22(19)20(27)14-24(18,25)3/h5,8,16-20,22,26-27,29H,1,6-7,9-14H2,2-4H3/b8-5-/t16-,17+,18-,19?,20-,22?,23+,24-,25+/m1/s1. The van der Waals surface area contributed by atoms with Crippen molar-refractivity contribution in [3.8, 4) is 0 Å². The van der Waals surface area contributed by atoms with Crippen molar-refractivity contribution in [2.24, 2.45) is 34.5 Å². The molecule has 0 aromatic heterocycles. The number of aliphatic hydroxyl groups excluding tert-OH is 2. The largest absolute Gasteiger partial charge is 0.466 e. The van der Waals surface area contributed by atoms with Crippen molar-refractivity contribution in [3.05, 3.63) is 24.3 Å². The maximum atomic E-state index is 12.2. The van der Waals surface area contributed by atoms with E-state index in [1.165, 1.54) is 13.2 Å². The lowest BCUT2D eigenvalue weighted by Crippen LogP contribution is -2.66. The number of rotatable bonds is 3. The van der Waals surface area contributed by atoms with Gasteiger partial charge >= 0.3 is 5.97 Å². The maximum Gasteiger partial charge on any atom is 0.330 e. The van der Waals surface area contributed by atoms with Gasteiger partial charge in [0, 0.05) is 11.5 Å². The molecule has 5 heteroatoms. The number of ether oxygens (including phenoxy) is 1. The minimum absolute atomic E-state index is 0.0257. The fourth-order valence-corrected chi connectivity index (χ4v) is 8.26. The molecule has 0 heterocycles. The molecule has 0 bridgehead atoms. The van der Waals surface area contributed by atoms with Gasteiger partial charge in [-0.3, -0.25) is 0 Å². The number of allylic oxidation sites excluding steroid dienone is 2. The van der Waals surface area contributed by atoms with Crippen LogP contribution >= 0.6 is 0 Å². The molecule has 4 saturated carbocycles. The van der Waals surface area contributed by atoms with Crippen LogP contribution < -0.4 is 0 Å². The van der Waals surface area contributed by atoms with Crippen molar-refractivity contribution in [1.29, 1.82) is 0 Å². The number of fused-ring (bicyclic) bond motifs is 5. The highest BCUT2D eigenvalue weighted by molar-refractivity contribution is 5.82. The van der Waals surface area contributed by atoms with Gasteiger partial charge in [-0.05, 0) is 80.5 Å². The maximum absolute atomic E-state index is 12.2. The minimum Gasteiger partial charge on any atom is -0.466 e. The molecule has 3 N–H and O–H groups in total. The summed E-state index contributed by atoms with van der Waals surface area (Å²) in [6.07, 6.45) is 8.91. The van der Waals surface area contributed by atoms with Gasteiger partial charge in [0.15, 0.2) is 0 Å². The lowest BCUT2D eigenvalue weighted by molar-refractivity contribution is -0.242.